The van der Waals surface area contributed by atoms with Crippen LogP contribution in [0.25, 0.3) is 5.65 Å². The molecule has 2 amide bonds. The van der Waals surface area contributed by atoms with Gasteiger partial charge < -0.3 is 19.8 Å². The van der Waals surface area contributed by atoms with E-state index in [1.165, 1.54) is 10.7 Å². The van der Waals surface area contributed by atoms with Crippen LogP contribution in [0.4, 0.5) is 26.7 Å². The minimum atomic E-state index is -4.64. The van der Waals surface area contributed by atoms with Gasteiger partial charge in [0.2, 0.25) is 24.1 Å². The number of halogens is 5. The Balaban J connectivity index is 1.27. The number of nitrogens with zero attached hydrogens (tertiary/aromatic N) is 5. The average molecular weight is 598 g/mol. The second-order valence-electron chi connectivity index (χ2n) is 11.5. The monoisotopic (exact) mass is 597 g/mol. The predicted molar refractivity (Wildman–Crippen MR) is 132 cm³/mol. The fraction of sp³-hybridized carbons (Fsp3) is 0.615. The van der Waals surface area contributed by atoms with Crippen molar-refractivity contribution in [3.8, 4) is 0 Å². The fourth-order valence-corrected chi connectivity index (χ4v) is 5.87. The minimum Gasteiger partial charge on any atom is -0.446 e. The summed E-state index contributed by atoms with van der Waals surface area (Å²) in [6.07, 6.45) is -1.04. The highest BCUT2D eigenvalue weighted by atomic mass is 19.4. The van der Waals surface area contributed by atoms with Gasteiger partial charge in [-0.05, 0) is 56.1 Å². The standard InChI is InChI=1S/C26H28F5N7O4/c27-25(28)5-3-15(4-6-25)21(36-23(40)42-16-1-2-16)17-12-38-19(34-17)7-14(11-33-38)8-24(10-20-37-32-13-41-20)9-18(26(29,30)31)35-22(24)39/h7,11-13,15-16,18,21H,1-6,8-10H2,(H,35,39)(H,36,40)/t18-,21-,24-/m0/s1. The van der Waals surface area contributed by atoms with Crippen molar-refractivity contribution in [3.63, 3.8) is 0 Å². The van der Waals surface area contributed by atoms with Crippen LogP contribution in [0.2, 0.25) is 0 Å². The normalized spacial score (nSPS) is 25.4. The van der Waals surface area contributed by atoms with Crippen molar-refractivity contribution in [3.05, 3.63) is 42.0 Å². The lowest BCUT2D eigenvalue weighted by molar-refractivity contribution is -0.155. The first kappa shape index (κ1) is 28.3. The van der Waals surface area contributed by atoms with Crippen LogP contribution in [-0.4, -0.2) is 61.0 Å². The molecular weight excluding hydrogens is 569 g/mol. The van der Waals surface area contributed by atoms with Crippen LogP contribution in [0, 0.1) is 11.3 Å². The highest BCUT2D eigenvalue weighted by Gasteiger charge is 2.56. The fourth-order valence-electron chi connectivity index (χ4n) is 5.87. The number of amides is 2. The maximum absolute atomic E-state index is 13.9. The van der Waals surface area contributed by atoms with Crippen LogP contribution >= 0.6 is 0 Å². The third kappa shape index (κ3) is 6.02. The van der Waals surface area contributed by atoms with Crippen LogP contribution in [0.1, 0.15) is 68.1 Å². The van der Waals surface area contributed by atoms with Crippen LogP contribution in [-0.2, 0) is 22.4 Å². The largest absolute Gasteiger partial charge is 0.446 e. The number of carbonyl (C=O) groups excluding carboxylic acids is 2. The Morgan fingerprint density at radius 3 is 2.62 bits per heavy atom. The number of alkyl carbamates (subject to hydrolysis) is 1. The summed E-state index contributed by atoms with van der Waals surface area (Å²) in [7, 11) is 0. The molecule has 1 saturated heterocycles. The molecule has 2 N–H and O–H groups in total. The number of aromatic nitrogens is 5. The number of rotatable bonds is 8. The zero-order valence-electron chi connectivity index (χ0n) is 22.2. The Bertz CT molecular complexity index is 1450. The van der Waals surface area contributed by atoms with Gasteiger partial charge in [0, 0.05) is 19.3 Å². The van der Waals surface area contributed by atoms with Gasteiger partial charge in [0.25, 0.3) is 0 Å². The quantitative estimate of drug-likeness (QED) is 0.371. The van der Waals surface area contributed by atoms with Crippen molar-refractivity contribution in [2.24, 2.45) is 11.3 Å². The number of alkyl halides is 5. The summed E-state index contributed by atoms with van der Waals surface area (Å²) in [6.45, 7) is 0. The molecule has 6 rings (SSSR count). The Labute approximate surface area is 235 Å². The van der Waals surface area contributed by atoms with E-state index in [0.29, 0.717) is 16.9 Å². The first-order chi connectivity index (χ1) is 19.9. The third-order valence-electron chi connectivity index (χ3n) is 8.23. The first-order valence-electron chi connectivity index (χ1n) is 13.7. The first-order valence-corrected chi connectivity index (χ1v) is 13.7. The molecule has 3 fully saturated rings. The predicted octanol–water partition coefficient (Wildman–Crippen LogP) is 4.09. The summed E-state index contributed by atoms with van der Waals surface area (Å²) >= 11 is 0. The van der Waals surface area contributed by atoms with Gasteiger partial charge in [-0.3, -0.25) is 4.79 Å². The highest BCUT2D eigenvalue weighted by molar-refractivity contribution is 5.86. The summed E-state index contributed by atoms with van der Waals surface area (Å²) in [5, 5.41) is 16.5. The molecule has 0 unspecified atom stereocenters. The van der Waals surface area contributed by atoms with Gasteiger partial charge >= 0.3 is 12.3 Å². The molecule has 3 aromatic heterocycles. The SMILES string of the molecule is O=C(N[C@H](c1cn2ncc(C[C@@]3(Cc4nnco4)C[C@@H](C(F)(F)F)NC3=O)cc2n1)C1CCC(F)(F)CC1)OC1CC1. The maximum Gasteiger partial charge on any atom is 0.408 e. The summed E-state index contributed by atoms with van der Waals surface area (Å²) < 4.78 is 80.4. The van der Waals surface area contributed by atoms with Gasteiger partial charge in [-0.2, -0.15) is 18.3 Å². The van der Waals surface area contributed by atoms with Crippen molar-refractivity contribution in [1.29, 1.82) is 0 Å². The van der Waals surface area contributed by atoms with Crippen molar-refractivity contribution < 1.29 is 40.7 Å². The topological polar surface area (TPSA) is 137 Å². The van der Waals surface area contributed by atoms with E-state index in [4.69, 9.17) is 9.15 Å². The number of imidazole rings is 1. The lowest BCUT2D eigenvalue weighted by Gasteiger charge is -2.33. The van der Waals surface area contributed by atoms with E-state index in [9.17, 15) is 31.5 Å². The molecule has 42 heavy (non-hydrogen) atoms. The molecule has 3 atom stereocenters. The van der Waals surface area contributed by atoms with E-state index < -0.39 is 48.0 Å². The molecule has 0 spiro atoms. The highest BCUT2D eigenvalue weighted by Crippen LogP contribution is 2.43. The van der Waals surface area contributed by atoms with Crippen LogP contribution in [0.3, 0.4) is 0 Å². The lowest BCUT2D eigenvalue weighted by Crippen LogP contribution is -2.39. The van der Waals surface area contributed by atoms with Crippen molar-refractivity contribution in [1.82, 2.24) is 35.4 Å². The lowest BCUT2D eigenvalue weighted by atomic mass is 9.76. The Kier molecular flexibility index (Phi) is 7.04. The van der Waals surface area contributed by atoms with Crippen LogP contribution in [0.15, 0.2) is 29.3 Å². The van der Waals surface area contributed by atoms with E-state index in [1.807, 2.05) is 0 Å². The van der Waals surface area contributed by atoms with Gasteiger partial charge in [-0.1, -0.05) is 0 Å². The molecule has 11 nitrogen and oxygen atoms in total. The molecule has 2 aliphatic carbocycles. The van der Waals surface area contributed by atoms with E-state index in [2.05, 4.69) is 30.9 Å². The van der Waals surface area contributed by atoms with Gasteiger partial charge in [0.05, 0.1) is 29.5 Å². The number of hydrogen-bond acceptors (Lipinski definition) is 8. The summed E-state index contributed by atoms with van der Waals surface area (Å²) in [5.74, 6) is -3.85. The number of ether oxygens (including phenoxy) is 1. The van der Waals surface area contributed by atoms with Gasteiger partial charge in [-0.25, -0.2) is 23.1 Å². The second-order valence-corrected chi connectivity index (χ2v) is 11.5. The maximum atomic E-state index is 13.9. The average Bonchev–Trinajstić information content (AvgIpc) is 3.27. The molecule has 2 saturated carbocycles. The van der Waals surface area contributed by atoms with E-state index in [0.717, 1.165) is 19.2 Å². The molecule has 0 bridgehead atoms. The minimum absolute atomic E-state index is 0.0233. The molecule has 226 valence electrons. The summed E-state index contributed by atoms with van der Waals surface area (Å²) in [5.41, 5.74) is -0.401. The summed E-state index contributed by atoms with van der Waals surface area (Å²) in [6, 6.07) is -1.16. The molecule has 16 heteroatoms. The van der Waals surface area contributed by atoms with E-state index in [1.54, 1.807) is 12.3 Å². The van der Waals surface area contributed by atoms with Crippen LogP contribution < -0.4 is 10.6 Å². The smallest absolute Gasteiger partial charge is 0.408 e. The number of fused-ring (bicyclic) bond motifs is 1. The van der Waals surface area contributed by atoms with E-state index >= 15 is 0 Å². The van der Waals surface area contributed by atoms with Crippen LogP contribution in [0.5, 0.6) is 0 Å². The van der Waals surface area contributed by atoms with Crippen molar-refractivity contribution in [2.45, 2.75) is 88.1 Å². The third-order valence-corrected chi connectivity index (χ3v) is 8.23. The molecule has 1 aliphatic heterocycles. The summed E-state index contributed by atoms with van der Waals surface area (Å²) in [4.78, 5) is 30.1. The molecule has 4 heterocycles. The van der Waals surface area contributed by atoms with Crippen molar-refractivity contribution >= 4 is 17.6 Å². The number of carbonyl (C=O) groups is 2. The Morgan fingerprint density at radius 2 is 1.98 bits per heavy atom. The molecule has 3 aromatic rings. The molecule has 0 radical (unpaired) electrons. The van der Waals surface area contributed by atoms with Gasteiger partial charge in [-0.15, -0.1) is 10.2 Å². The Hall–Kier alpha value is -3.85. The zero-order chi connectivity index (χ0) is 29.7. The number of nitrogens with one attached hydrogen (secondary N) is 2. The van der Waals surface area contributed by atoms with Gasteiger partial charge in [0.1, 0.15) is 12.1 Å². The molecule has 3 aliphatic rings. The second kappa shape index (κ2) is 10.5. The van der Waals surface area contributed by atoms with E-state index in [-0.39, 0.29) is 56.4 Å². The van der Waals surface area contributed by atoms with Gasteiger partial charge in [0.15, 0.2) is 5.65 Å². The van der Waals surface area contributed by atoms with Crippen molar-refractivity contribution in [2.75, 3.05) is 0 Å². The number of hydrogen-bond donors (Lipinski definition) is 2. The Morgan fingerprint density at radius 1 is 1.21 bits per heavy atom. The molecular formula is C26H28F5N7O4. The zero-order valence-corrected chi connectivity index (χ0v) is 22.2. The molecule has 0 aromatic carbocycles.